The highest BCUT2D eigenvalue weighted by Crippen LogP contribution is 2.79. The van der Waals surface area contributed by atoms with E-state index in [0.29, 0.717) is 11.7 Å². The van der Waals surface area contributed by atoms with Gasteiger partial charge in [-0.1, -0.05) is 50.1 Å². The Morgan fingerprint density at radius 2 is 1.85 bits per heavy atom. The van der Waals surface area contributed by atoms with E-state index in [9.17, 15) is 4.79 Å². The van der Waals surface area contributed by atoms with E-state index in [4.69, 9.17) is 4.74 Å². The maximum Gasteiger partial charge on any atom is 0.159 e. The Balaban J connectivity index is 1.76. The highest BCUT2D eigenvalue weighted by atomic mass is 16.5. The van der Waals surface area contributed by atoms with E-state index in [1.807, 2.05) is 6.08 Å². The summed E-state index contributed by atoms with van der Waals surface area (Å²) in [4.78, 5) is 13.3. The number of fused-ring (bicyclic) bond motifs is 2. The number of benzene rings is 1. The molecule has 2 bridgehead atoms. The van der Waals surface area contributed by atoms with E-state index < -0.39 is 0 Å². The molecule has 4 aliphatic rings. The molecule has 0 saturated heterocycles. The Hall–Kier alpha value is -1.83. The van der Waals surface area contributed by atoms with Crippen molar-refractivity contribution in [3.8, 4) is 5.75 Å². The summed E-state index contributed by atoms with van der Waals surface area (Å²) in [5.41, 5.74) is 1.47. The number of rotatable bonds is 2. The first-order chi connectivity index (χ1) is 12.6. The quantitative estimate of drug-likeness (QED) is 0.684. The Bertz CT molecular complexity index is 804. The average molecular weight is 348 g/mol. The molecule has 2 fully saturated rings. The van der Waals surface area contributed by atoms with Gasteiger partial charge in [-0.05, 0) is 66.2 Å². The van der Waals surface area contributed by atoms with Crippen LogP contribution in [-0.2, 0) is 10.2 Å². The van der Waals surface area contributed by atoms with Crippen molar-refractivity contribution in [2.75, 3.05) is 7.11 Å². The van der Waals surface area contributed by atoms with Gasteiger partial charge >= 0.3 is 0 Å². The van der Waals surface area contributed by atoms with Crippen LogP contribution in [0.1, 0.15) is 51.0 Å². The van der Waals surface area contributed by atoms with Crippen LogP contribution < -0.4 is 4.74 Å². The highest BCUT2D eigenvalue weighted by molar-refractivity contribution is 5.95. The molecule has 4 aliphatic carbocycles. The van der Waals surface area contributed by atoms with E-state index in [1.165, 1.54) is 31.2 Å². The SMILES string of the molecule is COc1ccc([C@]23C=C[C@@]4(CCCC[C@]24C)[C@H]2CCC=CC(=O)[C@H]23)cc1. The fourth-order valence-corrected chi connectivity index (χ4v) is 7.39. The minimum Gasteiger partial charge on any atom is -0.497 e. The van der Waals surface area contributed by atoms with Crippen LogP contribution in [0.4, 0.5) is 0 Å². The second-order valence-corrected chi connectivity index (χ2v) is 8.98. The van der Waals surface area contributed by atoms with Crippen molar-refractivity contribution in [3.63, 3.8) is 0 Å². The summed E-state index contributed by atoms with van der Waals surface area (Å²) in [6, 6.07) is 8.55. The third-order valence-electron chi connectivity index (χ3n) is 8.46. The molecule has 2 nitrogen and oxygen atoms in total. The molecule has 26 heavy (non-hydrogen) atoms. The summed E-state index contributed by atoms with van der Waals surface area (Å²) in [6.07, 6.45) is 16.2. The van der Waals surface area contributed by atoms with Gasteiger partial charge in [0, 0.05) is 11.3 Å². The van der Waals surface area contributed by atoms with Crippen LogP contribution in [0.5, 0.6) is 5.75 Å². The van der Waals surface area contributed by atoms with Crippen molar-refractivity contribution in [2.45, 2.75) is 50.9 Å². The molecular weight excluding hydrogens is 320 g/mol. The van der Waals surface area contributed by atoms with Crippen molar-refractivity contribution in [2.24, 2.45) is 22.7 Å². The highest BCUT2D eigenvalue weighted by Gasteiger charge is 2.76. The fraction of sp³-hybridized carbons (Fsp3) is 0.542. The van der Waals surface area contributed by atoms with Gasteiger partial charge in [0.1, 0.15) is 5.75 Å². The van der Waals surface area contributed by atoms with Gasteiger partial charge in [-0.15, -0.1) is 0 Å². The molecule has 0 amide bonds. The van der Waals surface area contributed by atoms with E-state index >= 15 is 0 Å². The van der Waals surface area contributed by atoms with Crippen LogP contribution in [-0.4, -0.2) is 12.9 Å². The standard InChI is InChI=1S/C24H28O2/c1-22-13-5-6-14-23(22)15-16-24(22,17-9-11-18(26-2)12-10-17)21-19(23)7-3-4-8-20(21)25/h4,8-12,15-16,19,21H,3,5-7,13-14H2,1-2H3/t19-,21-,22-,23-,24-/m0/s1. The molecule has 1 aromatic rings. The Labute approximate surface area is 156 Å². The third kappa shape index (κ3) is 1.67. The van der Waals surface area contributed by atoms with Crippen LogP contribution in [0, 0.1) is 22.7 Å². The van der Waals surface area contributed by atoms with Gasteiger partial charge in [0.15, 0.2) is 5.78 Å². The van der Waals surface area contributed by atoms with Gasteiger partial charge in [0.25, 0.3) is 0 Å². The minimum atomic E-state index is -0.171. The summed E-state index contributed by atoms with van der Waals surface area (Å²) in [6.45, 7) is 2.49. The van der Waals surface area contributed by atoms with E-state index in [1.54, 1.807) is 7.11 Å². The lowest BCUT2D eigenvalue weighted by Crippen LogP contribution is -2.47. The van der Waals surface area contributed by atoms with Crippen molar-refractivity contribution >= 4 is 5.78 Å². The number of hydrogen-bond donors (Lipinski definition) is 0. The molecule has 0 aromatic heterocycles. The van der Waals surface area contributed by atoms with E-state index in [2.05, 4.69) is 49.4 Å². The first-order valence-electron chi connectivity index (χ1n) is 10.1. The number of ketones is 1. The number of carbonyl (C=O) groups is 1. The average Bonchev–Trinajstić information content (AvgIpc) is 2.92. The van der Waals surface area contributed by atoms with Gasteiger partial charge in [-0.3, -0.25) is 4.79 Å². The molecule has 0 heterocycles. The van der Waals surface area contributed by atoms with Gasteiger partial charge < -0.3 is 4.74 Å². The lowest BCUT2D eigenvalue weighted by atomic mass is 9.52. The normalized spacial score (nSPS) is 43.1. The minimum absolute atomic E-state index is 0.0859. The Morgan fingerprint density at radius 3 is 2.62 bits per heavy atom. The lowest BCUT2D eigenvalue weighted by molar-refractivity contribution is -0.121. The lowest BCUT2D eigenvalue weighted by Gasteiger charge is -2.51. The van der Waals surface area contributed by atoms with Crippen LogP contribution >= 0.6 is 0 Å². The van der Waals surface area contributed by atoms with Gasteiger partial charge in [0.2, 0.25) is 0 Å². The molecule has 0 aliphatic heterocycles. The molecule has 0 spiro atoms. The summed E-state index contributed by atoms with van der Waals surface area (Å²) in [5.74, 6) is 1.79. The molecule has 1 aromatic carbocycles. The number of carbonyl (C=O) groups excluding carboxylic acids is 1. The maximum atomic E-state index is 13.3. The molecule has 5 rings (SSSR count). The zero-order chi connectivity index (χ0) is 18.0. The van der Waals surface area contributed by atoms with Crippen molar-refractivity contribution in [1.82, 2.24) is 0 Å². The van der Waals surface area contributed by atoms with E-state index in [0.717, 1.165) is 18.6 Å². The Kier molecular flexibility index (Phi) is 3.36. The number of methoxy groups -OCH3 is 1. The molecule has 2 saturated carbocycles. The predicted molar refractivity (Wildman–Crippen MR) is 103 cm³/mol. The van der Waals surface area contributed by atoms with Crippen molar-refractivity contribution < 1.29 is 9.53 Å². The van der Waals surface area contributed by atoms with Crippen molar-refractivity contribution in [3.05, 3.63) is 54.1 Å². The molecule has 2 heteroatoms. The first-order valence-corrected chi connectivity index (χ1v) is 10.1. The molecule has 136 valence electrons. The van der Waals surface area contributed by atoms with Crippen LogP contribution in [0.3, 0.4) is 0 Å². The summed E-state index contributed by atoms with van der Waals surface area (Å²) in [5, 5.41) is 0. The molecule has 5 atom stereocenters. The number of hydrogen-bond acceptors (Lipinski definition) is 2. The van der Waals surface area contributed by atoms with Gasteiger partial charge in [0.05, 0.1) is 7.11 Å². The summed E-state index contributed by atoms with van der Waals surface area (Å²) >= 11 is 0. The first kappa shape index (κ1) is 16.4. The molecule has 0 radical (unpaired) electrons. The summed E-state index contributed by atoms with van der Waals surface area (Å²) < 4.78 is 5.39. The molecule has 0 N–H and O–H groups in total. The van der Waals surface area contributed by atoms with Crippen LogP contribution in [0.25, 0.3) is 0 Å². The second kappa shape index (κ2) is 5.34. The summed E-state index contributed by atoms with van der Waals surface area (Å²) in [7, 11) is 1.71. The number of ether oxygens (including phenoxy) is 1. The zero-order valence-electron chi connectivity index (χ0n) is 15.8. The van der Waals surface area contributed by atoms with Gasteiger partial charge in [-0.2, -0.15) is 0 Å². The molecular formula is C24H28O2. The zero-order valence-corrected chi connectivity index (χ0v) is 15.8. The largest absolute Gasteiger partial charge is 0.497 e. The van der Waals surface area contributed by atoms with Gasteiger partial charge in [-0.25, -0.2) is 0 Å². The smallest absolute Gasteiger partial charge is 0.159 e. The Morgan fingerprint density at radius 1 is 1.08 bits per heavy atom. The van der Waals surface area contributed by atoms with E-state index in [-0.39, 0.29) is 22.2 Å². The topological polar surface area (TPSA) is 26.3 Å². The van der Waals surface area contributed by atoms with Crippen LogP contribution in [0.15, 0.2) is 48.6 Å². The fourth-order valence-electron chi connectivity index (χ4n) is 7.39. The monoisotopic (exact) mass is 348 g/mol. The number of allylic oxidation sites excluding steroid dienone is 4. The predicted octanol–water partition coefficient (Wildman–Crippen LogP) is 5.23. The maximum absolute atomic E-state index is 13.3. The van der Waals surface area contributed by atoms with Crippen molar-refractivity contribution in [1.29, 1.82) is 0 Å². The molecule has 0 unspecified atom stereocenters. The third-order valence-corrected chi connectivity index (χ3v) is 8.46. The second-order valence-electron chi connectivity index (χ2n) is 8.98. The van der Waals surface area contributed by atoms with Crippen LogP contribution in [0.2, 0.25) is 0 Å².